The van der Waals surface area contributed by atoms with Gasteiger partial charge in [0.25, 0.3) is 0 Å². The Hall–Kier alpha value is -2.77. The normalized spacial score (nSPS) is 15.2. The van der Waals surface area contributed by atoms with Crippen molar-refractivity contribution >= 4 is 11.8 Å². The molecule has 0 spiro atoms. The van der Waals surface area contributed by atoms with Gasteiger partial charge in [0.2, 0.25) is 0 Å². The maximum absolute atomic E-state index is 2.34. The SMILES string of the molecule is CC.CC.CC(C)C1c2ccccc2CCc2ccccc21.CC(C)C1c2ccccc2CSc2ccccc21. The highest BCUT2D eigenvalue weighted by molar-refractivity contribution is 7.98. The average molecular weight is 551 g/mol. The van der Waals surface area contributed by atoms with E-state index in [0.717, 1.165) is 5.75 Å². The summed E-state index contributed by atoms with van der Waals surface area (Å²) in [5.74, 6) is 3.46. The highest BCUT2D eigenvalue weighted by Gasteiger charge is 2.26. The van der Waals surface area contributed by atoms with Crippen LogP contribution in [0.25, 0.3) is 0 Å². The standard InChI is InChI=1S/C18H20.C17H18S.2C2H6/c1-13(2)18-16-9-5-3-7-14(16)11-12-15-8-4-6-10-17(15)18;1-12(2)17-14-8-4-3-7-13(14)11-18-16-10-6-5-9-15(16)17;2*1-2/h3-10,13,18H,11-12H2,1-2H3;3-10,12,17H,11H2,1-2H3;2*1-2H3. The van der Waals surface area contributed by atoms with E-state index in [1.54, 1.807) is 0 Å². The van der Waals surface area contributed by atoms with Crippen molar-refractivity contribution in [1.82, 2.24) is 0 Å². The minimum atomic E-state index is 0.535. The van der Waals surface area contributed by atoms with E-state index in [2.05, 4.69) is 125 Å². The van der Waals surface area contributed by atoms with Crippen molar-refractivity contribution in [2.24, 2.45) is 11.8 Å². The van der Waals surface area contributed by atoms with Crippen LogP contribution in [-0.4, -0.2) is 0 Å². The molecule has 4 aromatic rings. The van der Waals surface area contributed by atoms with Crippen LogP contribution >= 0.6 is 11.8 Å². The molecule has 0 amide bonds. The summed E-state index contributed by atoms with van der Waals surface area (Å²) in [4.78, 5) is 1.45. The van der Waals surface area contributed by atoms with Crippen molar-refractivity contribution < 1.29 is 0 Å². The predicted molar refractivity (Wildman–Crippen MR) is 179 cm³/mol. The lowest BCUT2D eigenvalue weighted by atomic mass is 9.80. The molecule has 1 heterocycles. The third kappa shape index (κ3) is 7.29. The zero-order valence-corrected chi connectivity index (χ0v) is 26.9. The number of rotatable bonds is 2. The van der Waals surface area contributed by atoms with Gasteiger partial charge in [-0.2, -0.15) is 0 Å². The van der Waals surface area contributed by atoms with Gasteiger partial charge in [-0.05, 0) is 69.7 Å². The zero-order valence-electron chi connectivity index (χ0n) is 26.1. The fourth-order valence-electron chi connectivity index (χ4n) is 6.16. The van der Waals surface area contributed by atoms with E-state index >= 15 is 0 Å². The van der Waals surface area contributed by atoms with Gasteiger partial charge in [-0.25, -0.2) is 0 Å². The molecule has 1 heteroatoms. The molecule has 4 aromatic carbocycles. The Morgan fingerprint density at radius 1 is 0.475 bits per heavy atom. The smallest absolute Gasteiger partial charge is 0.0235 e. The van der Waals surface area contributed by atoms with Crippen LogP contribution in [0.1, 0.15) is 106 Å². The Morgan fingerprint density at radius 3 is 1.30 bits per heavy atom. The average Bonchev–Trinajstić information content (AvgIpc) is 3.28. The van der Waals surface area contributed by atoms with Gasteiger partial charge in [0.1, 0.15) is 0 Å². The molecule has 0 bridgehead atoms. The van der Waals surface area contributed by atoms with Crippen molar-refractivity contribution in [1.29, 1.82) is 0 Å². The van der Waals surface area contributed by atoms with E-state index in [9.17, 15) is 0 Å². The van der Waals surface area contributed by atoms with Crippen molar-refractivity contribution in [3.63, 3.8) is 0 Å². The lowest BCUT2D eigenvalue weighted by Crippen LogP contribution is -2.10. The van der Waals surface area contributed by atoms with E-state index in [0.29, 0.717) is 23.7 Å². The van der Waals surface area contributed by atoms with Crippen LogP contribution in [0.15, 0.2) is 102 Å². The summed E-state index contributed by atoms with van der Waals surface area (Å²) in [6.45, 7) is 17.3. The first kappa shape index (κ1) is 31.8. The topological polar surface area (TPSA) is 0 Å². The minimum absolute atomic E-state index is 0.535. The fourth-order valence-corrected chi connectivity index (χ4v) is 7.28. The first-order valence-corrected chi connectivity index (χ1v) is 16.5. The molecule has 0 saturated carbocycles. The van der Waals surface area contributed by atoms with Crippen molar-refractivity contribution in [3.05, 3.63) is 136 Å². The summed E-state index contributed by atoms with van der Waals surface area (Å²) in [6.07, 6.45) is 2.35. The second-order valence-electron chi connectivity index (χ2n) is 10.9. The molecular weight excluding hydrogens is 500 g/mol. The van der Waals surface area contributed by atoms with Crippen LogP contribution < -0.4 is 0 Å². The number of hydrogen-bond acceptors (Lipinski definition) is 1. The summed E-state index contributed by atoms with van der Waals surface area (Å²) in [7, 11) is 0. The van der Waals surface area contributed by atoms with Crippen LogP contribution in [0.5, 0.6) is 0 Å². The van der Waals surface area contributed by atoms with Gasteiger partial charge in [0, 0.05) is 22.5 Å². The van der Waals surface area contributed by atoms with Crippen LogP contribution in [0.4, 0.5) is 0 Å². The van der Waals surface area contributed by atoms with Gasteiger partial charge < -0.3 is 0 Å². The van der Waals surface area contributed by atoms with Gasteiger partial charge in [-0.3, -0.25) is 0 Å². The van der Waals surface area contributed by atoms with Crippen LogP contribution in [0.2, 0.25) is 0 Å². The number of aryl methyl sites for hydroxylation is 2. The minimum Gasteiger partial charge on any atom is -0.121 e. The van der Waals surface area contributed by atoms with Crippen molar-refractivity contribution in [2.45, 2.75) is 90.7 Å². The zero-order chi connectivity index (χ0) is 29.1. The molecule has 1 atom stereocenters. The van der Waals surface area contributed by atoms with Gasteiger partial charge in [0.05, 0.1) is 0 Å². The Kier molecular flexibility index (Phi) is 12.6. The first-order valence-electron chi connectivity index (χ1n) is 15.5. The maximum Gasteiger partial charge on any atom is 0.0235 e. The third-order valence-electron chi connectivity index (χ3n) is 7.80. The monoisotopic (exact) mass is 550 g/mol. The molecule has 0 saturated heterocycles. The Bertz CT molecular complexity index is 1120. The number of fused-ring (bicyclic) bond motifs is 4. The van der Waals surface area contributed by atoms with Crippen LogP contribution in [-0.2, 0) is 18.6 Å². The molecule has 0 fully saturated rings. The first-order chi connectivity index (χ1) is 19.5. The number of hydrogen-bond donors (Lipinski definition) is 0. The summed E-state index contributed by atoms with van der Waals surface area (Å²) in [5.41, 5.74) is 10.7. The molecule has 2 aliphatic rings. The van der Waals surface area contributed by atoms with E-state index in [1.807, 2.05) is 39.5 Å². The van der Waals surface area contributed by atoms with E-state index in [1.165, 1.54) is 56.7 Å². The predicted octanol–water partition coefficient (Wildman–Crippen LogP) is 11.7. The summed E-state index contributed by atoms with van der Waals surface area (Å²) >= 11 is 1.97. The lowest BCUT2D eigenvalue weighted by Gasteiger charge is -2.24. The summed E-state index contributed by atoms with van der Waals surface area (Å²) in [5, 5.41) is 0. The van der Waals surface area contributed by atoms with E-state index < -0.39 is 0 Å². The molecule has 0 N–H and O–H groups in total. The molecule has 1 unspecified atom stereocenters. The molecule has 0 nitrogen and oxygen atoms in total. The molecule has 6 rings (SSSR count). The molecular formula is C39H50S. The van der Waals surface area contributed by atoms with Gasteiger partial charge >= 0.3 is 0 Å². The van der Waals surface area contributed by atoms with Crippen molar-refractivity contribution in [2.75, 3.05) is 0 Å². The Morgan fingerprint density at radius 2 is 0.825 bits per heavy atom. The molecule has 1 aliphatic heterocycles. The fraction of sp³-hybridized carbons (Fsp3) is 0.385. The largest absolute Gasteiger partial charge is 0.121 e. The molecule has 0 radical (unpaired) electrons. The summed E-state index contributed by atoms with van der Waals surface area (Å²) in [6, 6.07) is 35.8. The molecule has 1 aliphatic carbocycles. The maximum atomic E-state index is 2.34. The van der Waals surface area contributed by atoms with E-state index in [4.69, 9.17) is 0 Å². The van der Waals surface area contributed by atoms with Gasteiger partial charge in [0.15, 0.2) is 0 Å². The Labute approximate surface area is 249 Å². The van der Waals surface area contributed by atoms with Gasteiger partial charge in [-0.15, -0.1) is 11.8 Å². The van der Waals surface area contributed by atoms with Gasteiger partial charge in [-0.1, -0.05) is 146 Å². The molecule has 212 valence electrons. The van der Waals surface area contributed by atoms with Crippen LogP contribution in [0.3, 0.4) is 0 Å². The highest BCUT2D eigenvalue weighted by atomic mass is 32.2. The molecule has 40 heavy (non-hydrogen) atoms. The third-order valence-corrected chi connectivity index (χ3v) is 8.94. The quantitative estimate of drug-likeness (QED) is 0.239. The Balaban J connectivity index is 0.000000196. The van der Waals surface area contributed by atoms with Crippen molar-refractivity contribution in [3.8, 4) is 0 Å². The second-order valence-corrected chi connectivity index (χ2v) is 11.9. The number of benzene rings is 4. The summed E-state index contributed by atoms with van der Waals surface area (Å²) < 4.78 is 0. The van der Waals surface area contributed by atoms with Crippen LogP contribution in [0, 0.1) is 11.8 Å². The van der Waals surface area contributed by atoms with E-state index in [-0.39, 0.29) is 0 Å². The molecule has 0 aromatic heterocycles. The second kappa shape index (κ2) is 15.9. The lowest BCUT2D eigenvalue weighted by molar-refractivity contribution is 0.556. The number of thioether (sulfide) groups is 1. The highest BCUT2D eigenvalue weighted by Crippen LogP contribution is 2.43.